The molecule has 0 saturated heterocycles. The fourth-order valence-electron chi connectivity index (χ4n) is 2.52. The van der Waals surface area contributed by atoms with E-state index in [0.717, 1.165) is 0 Å². The molecule has 0 spiro atoms. The summed E-state index contributed by atoms with van der Waals surface area (Å²) in [7, 11) is 0. The van der Waals surface area contributed by atoms with Crippen molar-refractivity contribution in [3.05, 3.63) is 0 Å². The lowest BCUT2D eigenvalue weighted by molar-refractivity contribution is -0.142. The van der Waals surface area contributed by atoms with Crippen LogP contribution in [0.3, 0.4) is 0 Å². The number of amides is 3. The van der Waals surface area contributed by atoms with Crippen LogP contribution >= 0.6 is 0 Å². The van der Waals surface area contributed by atoms with Crippen LogP contribution in [0.25, 0.3) is 0 Å². The van der Waals surface area contributed by atoms with Crippen LogP contribution in [0.2, 0.25) is 0 Å². The molecule has 0 heterocycles. The average Bonchev–Trinajstić information content (AvgIpc) is 2.66. The van der Waals surface area contributed by atoms with E-state index in [-0.39, 0.29) is 24.7 Å². The van der Waals surface area contributed by atoms with Gasteiger partial charge in [-0.1, -0.05) is 34.1 Å². The van der Waals surface area contributed by atoms with Crippen LogP contribution in [0, 0.1) is 11.8 Å². The van der Waals surface area contributed by atoms with Gasteiger partial charge in [0.2, 0.25) is 17.7 Å². The topological polar surface area (TPSA) is 188 Å². The van der Waals surface area contributed by atoms with Crippen molar-refractivity contribution in [2.45, 2.75) is 78.0 Å². The van der Waals surface area contributed by atoms with Gasteiger partial charge in [-0.15, -0.1) is 0 Å². The molecule has 0 aliphatic rings. The van der Waals surface area contributed by atoms with Gasteiger partial charge in [0.25, 0.3) is 0 Å². The molecule has 0 radical (unpaired) electrons. The Labute approximate surface area is 176 Å². The van der Waals surface area contributed by atoms with Gasteiger partial charge in [0.1, 0.15) is 18.1 Å². The van der Waals surface area contributed by atoms with Crippen molar-refractivity contribution >= 4 is 29.7 Å². The molecule has 11 nitrogen and oxygen atoms in total. The third-order valence-corrected chi connectivity index (χ3v) is 4.78. The van der Waals surface area contributed by atoms with Crippen LogP contribution in [-0.4, -0.2) is 64.0 Å². The fourth-order valence-corrected chi connectivity index (χ4v) is 2.52. The van der Waals surface area contributed by atoms with E-state index in [1.807, 2.05) is 6.92 Å². The van der Waals surface area contributed by atoms with Crippen LogP contribution < -0.4 is 21.7 Å². The highest BCUT2D eigenvalue weighted by molar-refractivity contribution is 5.94. The van der Waals surface area contributed by atoms with Gasteiger partial charge in [-0.2, -0.15) is 0 Å². The van der Waals surface area contributed by atoms with Crippen molar-refractivity contribution in [3.8, 4) is 0 Å². The molecule has 11 heteroatoms. The standard InChI is InChI=1S/C19H34N4O7/c1-6-10(4)15(23-16(26)12(20)7-8-13(24)25)18(28)22-14(9(2)3)17(27)21-11(5)19(29)30/h9-12,14-15H,6-8,20H2,1-5H3,(H,21,27)(H,22,28)(H,23,26)(H,24,25)(H,29,30). The molecule has 5 unspecified atom stereocenters. The molecule has 0 aliphatic carbocycles. The van der Waals surface area contributed by atoms with Crippen molar-refractivity contribution in [2.24, 2.45) is 17.6 Å². The Morgan fingerprint density at radius 2 is 1.33 bits per heavy atom. The van der Waals surface area contributed by atoms with E-state index >= 15 is 0 Å². The molecule has 0 aromatic heterocycles. The van der Waals surface area contributed by atoms with Gasteiger partial charge in [0.05, 0.1) is 6.04 Å². The van der Waals surface area contributed by atoms with Gasteiger partial charge < -0.3 is 31.9 Å². The Kier molecular flexibility index (Phi) is 11.6. The average molecular weight is 431 g/mol. The molecule has 0 aromatic rings. The lowest BCUT2D eigenvalue weighted by atomic mass is 9.96. The molecule has 0 bridgehead atoms. The zero-order chi connectivity index (χ0) is 23.6. The summed E-state index contributed by atoms with van der Waals surface area (Å²) in [5, 5.41) is 25.1. The summed E-state index contributed by atoms with van der Waals surface area (Å²) in [6.07, 6.45) is 0.170. The highest BCUT2D eigenvalue weighted by atomic mass is 16.4. The van der Waals surface area contributed by atoms with Crippen molar-refractivity contribution < 1.29 is 34.2 Å². The van der Waals surface area contributed by atoms with Crippen molar-refractivity contribution in [2.75, 3.05) is 0 Å². The number of carbonyl (C=O) groups excluding carboxylic acids is 3. The van der Waals surface area contributed by atoms with Gasteiger partial charge in [-0.3, -0.25) is 24.0 Å². The zero-order valence-corrected chi connectivity index (χ0v) is 18.1. The number of carboxylic acids is 2. The first-order chi connectivity index (χ1) is 13.8. The molecule has 0 aliphatic heterocycles. The Bertz CT molecular complexity index is 638. The Balaban J connectivity index is 5.31. The number of nitrogens with two attached hydrogens (primary N) is 1. The Hall–Kier alpha value is -2.69. The third kappa shape index (κ3) is 9.21. The van der Waals surface area contributed by atoms with Crippen LogP contribution in [0.4, 0.5) is 0 Å². The lowest BCUT2D eigenvalue weighted by Crippen LogP contribution is -2.59. The minimum absolute atomic E-state index is 0.0832. The van der Waals surface area contributed by atoms with Crippen LogP contribution in [-0.2, 0) is 24.0 Å². The molecular weight excluding hydrogens is 396 g/mol. The first-order valence-electron chi connectivity index (χ1n) is 9.93. The summed E-state index contributed by atoms with van der Waals surface area (Å²) >= 11 is 0. The van der Waals surface area contributed by atoms with Crippen molar-refractivity contribution in [3.63, 3.8) is 0 Å². The monoisotopic (exact) mass is 430 g/mol. The number of hydrogen-bond donors (Lipinski definition) is 6. The normalized spacial score (nSPS) is 16.0. The highest BCUT2D eigenvalue weighted by Crippen LogP contribution is 2.11. The second kappa shape index (κ2) is 12.8. The first kappa shape index (κ1) is 27.3. The van der Waals surface area contributed by atoms with Gasteiger partial charge in [-0.25, -0.2) is 0 Å². The number of rotatable bonds is 13. The number of hydrogen-bond acceptors (Lipinski definition) is 6. The van der Waals surface area contributed by atoms with Gasteiger partial charge in [0, 0.05) is 6.42 Å². The lowest BCUT2D eigenvalue weighted by Gasteiger charge is -2.29. The van der Waals surface area contributed by atoms with E-state index < -0.39 is 53.8 Å². The molecule has 30 heavy (non-hydrogen) atoms. The molecular formula is C19H34N4O7. The molecule has 5 atom stereocenters. The molecule has 0 rings (SSSR count). The minimum atomic E-state index is -1.21. The molecule has 7 N–H and O–H groups in total. The van der Waals surface area contributed by atoms with Gasteiger partial charge in [0.15, 0.2) is 0 Å². The maximum atomic E-state index is 12.8. The van der Waals surface area contributed by atoms with Crippen LogP contribution in [0.1, 0.15) is 53.9 Å². The summed E-state index contributed by atoms with van der Waals surface area (Å²) in [5.74, 6) is -4.87. The number of nitrogens with one attached hydrogen (secondary N) is 3. The van der Waals surface area contributed by atoms with E-state index in [2.05, 4.69) is 16.0 Å². The summed E-state index contributed by atoms with van der Waals surface area (Å²) in [6.45, 7) is 8.25. The first-order valence-corrected chi connectivity index (χ1v) is 9.93. The third-order valence-electron chi connectivity index (χ3n) is 4.78. The second-order valence-electron chi connectivity index (χ2n) is 7.71. The minimum Gasteiger partial charge on any atom is -0.481 e. The number of carbonyl (C=O) groups is 5. The highest BCUT2D eigenvalue weighted by Gasteiger charge is 2.33. The van der Waals surface area contributed by atoms with Gasteiger partial charge >= 0.3 is 11.9 Å². The Morgan fingerprint density at radius 3 is 1.77 bits per heavy atom. The molecule has 0 fully saturated rings. The summed E-state index contributed by atoms with van der Waals surface area (Å²) in [6, 6.07) is -4.23. The Morgan fingerprint density at radius 1 is 0.833 bits per heavy atom. The van der Waals surface area contributed by atoms with E-state index in [1.165, 1.54) is 6.92 Å². The molecule has 0 saturated carbocycles. The maximum Gasteiger partial charge on any atom is 0.325 e. The summed E-state index contributed by atoms with van der Waals surface area (Å²) < 4.78 is 0. The summed E-state index contributed by atoms with van der Waals surface area (Å²) in [4.78, 5) is 59.2. The van der Waals surface area contributed by atoms with Gasteiger partial charge in [-0.05, 0) is 25.2 Å². The van der Waals surface area contributed by atoms with E-state index in [9.17, 15) is 24.0 Å². The molecule has 0 aromatic carbocycles. The van der Waals surface area contributed by atoms with Crippen LogP contribution in [0.5, 0.6) is 0 Å². The van der Waals surface area contributed by atoms with E-state index in [0.29, 0.717) is 6.42 Å². The fraction of sp³-hybridized carbons (Fsp3) is 0.737. The predicted molar refractivity (Wildman–Crippen MR) is 108 cm³/mol. The quantitative estimate of drug-likeness (QED) is 0.224. The predicted octanol–water partition coefficient (Wildman–Crippen LogP) is -0.560. The maximum absolute atomic E-state index is 12.8. The van der Waals surface area contributed by atoms with E-state index in [4.69, 9.17) is 15.9 Å². The zero-order valence-electron chi connectivity index (χ0n) is 18.1. The summed E-state index contributed by atoms with van der Waals surface area (Å²) in [5.41, 5.74) is 5.71. The van der Waals surface area contributed by atoms with Crippen LogP contribution in [0.15, 0.2) is 0 Å². The molecule has 172 valence electrons. The number of aliphatic carboxylic acids is 2. The second-order valence-corrected chi connectivity index (χ2v) is 7.71. The van der Waals surface area contributed by atoms with Crippen molar-refractivity contribution in [1.29, 1.82) is 0 Å². The largest absolute Gasteiger partial charge is 0.481 e. The van der Waals surface area contributed by atoms with E-state index in [1.54, 1.807) is 20.8 Å². The smallest absolute Gasteiger partial charge is 0.325 e. The number of carboxylic acid groups (broad SMARTS) is 2. The van der Waals surface area contributed by atoms with Crippen molar-refractivity contribution in [1.82, 2.24) is 16.0 Å². The molecule has 3 amide bonds. The SMILES string of the molecule is CCC(C)C(NC(=O)C(N)CCC(=O)O)C(=O)NC(C(=O)NC(C)C(=O)O)C(C)C.